The Morgan fingerprint density at radius 2 is 1.48 bits per heavy atom. The molecule has 0 aliphatic heterocycles. The van der Waals surface area contributed by atoms with Crippen LogP contribution in [0.1, 0.15) is 61.3 Å². The van der Waals surface area contributed by atoms with Gasteiger partial charge < -0.3 is 4.74 Å². The van der Waals surface area contributed by atoms with Crippen LogP contribution in [0.2, 0.25) is 0 Å². The lowest BCUT2D eigenvalue weighted by Gasteiger charge is -2.31. The average Bonchev–Trinajstić information content (AvgIpc) is 2.33. The number of carbonyl (C=O) groups is 1. The number of carbonyl (C=O) groups excluding carboxylic acids is 1. The molecule has 0 spiro atoms. The molecule has 1 aliphatic rings. The normalized spacial score (nSPS) is 16.5. The highest BCUT2D eigenvalue weighted by Gasteiger charge is 2.33. The Bertz CT molecular complexity index is 441. The van der Waals surface area contributed by atoms with Gasteiger partial charge in [0.05, 0.1) is 12.9 Å². The van der Waals surface area contributed by atoms with Gasteiger partial charge in [-0.2, -0.15) is 0 Å². The van der Waals surface area contributed by atoms with E-state index in [1.54, 1.807) is 6.26 Å². The molecule has 0 fully saturated rings. The van der Waals surface area contributed by atoms with Crippen LogP contribution < -0.4 is 0 Å². The highest BCUT2D eigenvalue weighted by molar-refractivity contribution is 6.11. The van der Waals surface area contributed by atoms with Crippen molar-refractivity contribution in [3.05, 3.63) is 35.1 Å². The maximum absolute atomic E-state index is 12.7. The van der Waals surface area contributed by atoms with Crippen molar-refractivity contribution in [3.63, 3.8) is 0 Å². The quantitative estimate of drug-likeness (QED) is 0.524. The third-order valence-corrected chi connectivity index (χ3v) is 3.56. The lowest BCUT2D eigenvalue weighted by molar-refractivity contribution is -0.114. The molecule has 21 heavy (non-hydrogen) atoms. The van der Waals surface area contributed by atoms with Crippen LogP contribution in [0.5, 0.6) is 0 Å². The first kappa shape index (κ1) is 17.7. The van der Waals surface area contributed by atoms with E-state index in [9.17, 15) is 4.79 Å². The highest BCUT2D eigenvalue weighted by Crippen LogP contribution is 2.38. The van der Waals surface area contributed by atoms with Gasteiger partial charge in [-0.25, -0.2) is 0 Å². The molecule has 1 rings (SSSR count). The minimum Gasteiger partial charge on any atom is -0.501 e. The summed E-state index contributed by atoms with van der Waals surface area (Å²) < 4.78 is 5.61. The number of ketones is 1. The molecule has 0 radical (unpaired) electrons. The molecule has 0 saturated heterocycles. The number of ether oxygens (including phenoxy) is 1. The van der Waals surface area contributed by atoms with Crippen molar-refractivity contribution in [1.82, 2.24) is 0 Å². The van der Waals surface area contributed by atoms with Gasteiger partial charge in [-0.15, -0.1) is 0 Å². The second kappa shape index (κ2) is 6.64. The SMILES string of the molecule is CCCCOC=C1C=C(C(C)(C)C)C(=O)C(C(C)(C)C)=C1. The second-order valence-electron chi connectivity index (χ2n) is 7.79. The molecule has 0 amide bonds. The average molecular weight is 290 g/mol. The van der Waals surface area contributed by atoms with Crippen LogP contribution in [-0.4, -0.2) is 12.4 Å². The topological polar surface area (TPSA) is 26.3 Å². The number of rotatable bonds is 4. The van der Waals surface area contributed by atoms with Gasteiger partial charge in [-0.05, 0) is 29.4 Å². The van der Waals surface area contributed by atoms with Gasteiger partial charge >= 0.3 is 0 Å². The zero-order valence-corrected chi connectivity index (χ0v) is 14.7. The second-order valence-corrected chi connectivity index (χ2v) is 7.79. The number of hydrogen-bond donors (Lipinski definition) is 0. The Hall–Kier alpha value is -1.31. The molecule has 0 aromatic carbocycles. The van der Waals surface area contributed by atoms with E-state index in [0.29, 0.717) is 0 Å². The van der Waals surface area contributed by atoms with Gasteiger partial charge in [0.2, 0.25) is 0 Å². The fourth-order valence-corrected chi connectivity index (χ4v) is 2.22. The molecular weight excluding hydrogens is 260 g/mol. The monoisotopic (exact) mass is 290 g/mol. The Balaban J connectivity index is 3.13. The minimum absolute atomic E-state index is 0.162. The maximum atomic E-state index is 12.7. The van der Waals surface area contributed by atoms with Crippen LogP contribution in [0.25, 0.3) is 0 Å². The molecule has 0 atom stereocenters. The summed E-state index contributed by atoms with van der Waals surface area (Å²) >= 11 is 0. The molecule has 0 saturated carbocycles. The van der Waals surface area contributed by atoms with Gasteiger partial charge in [0.1, 0.15) is 0 Å². The van der Waals surface area contributed by atoms with Crippen molar-refractivity contribution >= 4 is 5.78 Å². The Labute approximate surface area is 130 Å². The van der Waals surface area contributed by atoms with Crippen molar-refractivity contribution in [2.75, 3.05) is 6.61 Å². The van der Waals surface area contributed by atoms with Crippen molar-refractivity contribution < 1.29 is 9.53 Å². The summed E-state index contributed by atoms with van der Waals surface area (Å²) in [7, 11) is 0. The van der Waals surface area contributed by atoms with Gasteiger partial charge in [-0.3, -0.25) is 4.79 Å². The summed E-state index contributed by atoms with van der Waals surface area (Å²) in [4.78, 5) is 12.7. The fraction of sp³-hybridized carbons (Fsp3) is 0.632. The van der Waals surface area contributed by atoms with E-state index < -0.39 is 0 Å². The number of unbranched alkanes of at least 4 members (excludes halogenated alkanes) is 1. The lowest BCUT2D eigenvalue weighted by Crippen LogP contribution is -2.27. The lowest BCUT2D eigenvalue weighted by atomic mass is 9.72. The molecule has 0 unspecified atom stereocenters. The molecule has 2 nitrogen and oxygen atoms in total. The largest absolute Gasteiger partial charge is 0.501 e. The number of hydrogen-bond acceptors (Lipinski definition) is 2. The predicted octanol–water partition coefficient (Wildman–Crippen LogP) is 5.21. The molecule has 1 aliphatic carbocycles. The maximum Gasteiger partial charge on any atom is 0.186 e. The van der Waals surface area contributed by atoms with E-state index >= 15 is 0 Å². The standard InChI is InChI=1S/C19H30O2/c1-8-9-10-21-13-14-11-15(18(2,3)4)17(20)16(12-14)19(5,6)7/h11-13H,8-10H2,1-7H3. The molecular formula is C19H30O2. The summed E-state index contributed by atoms with van der Waals surface area (Å²) in [5, 5.41) is 0. The summed E-state index contributed by atoms with van der Waals surface area (Å²) in [6, 6.07) is 0. The predicted molar refractivity (Wildman–Crippen MR) is 89.0 cm³/mol. The third kappa shape index (κ3) is 4.87. The zero-order chi connectivity index (χ0) is 16.3. The fourth-order valence-electron chi connectivity index (χ4n) is 2.22. The van der Waals surface area contributed by atoms with Crippen molar-refractivity contribution in [1.29, 1.82) is 0 Å². The molecule has 0 aromatic rings. The van der Waals surface area contributed by atoms with E-state index in [-0.39, 0.29) is 16.6 Å². The minimum atomic E-state index is -0.162. The van der Waals surface area contributed by atoms with E-state index in [1.807, 2.05) is 12.2 Å². The van der Waals surface area contributed by atoms with Gasteiger partial charge in [0.25, 0.3) is 0 Å². The third-order valence-electron chi connectivity index (χ3n) is 3.56. The van der Waals surface area contributed by atoms with Crippen molar-refractivity contribution in [3.8, 4) is 0 Å². The summed E-state index contributed by atoms with van der Waals surface area (Å²) in [6.07, 6.45) is 7.91. The van der Waals surface area contributed by atoms with Crippen molar-refractivity contribution in [2.24, 2.45) is 10.8 Å². The number of allylic oxidation sites excluding steroid dienone is 5. The van der Waals surface area contributed by atoms with Gasteiger partial charge in [-0.1, -0.05) is 54.9 Å². The molecule has 118 valence electrons. The highest BCUT2D eigenvalue weighted by atomic mass is 16.5. The first-order chi connectivity index (χ1) is 9.57. The molecule has 2 heteroatoms. The summed E-state index contributed by atoms with van der Waals surface area (Å²) in [6.45, 7) is 15.4. The van der Waals surface area contributed by atoms with Gasteiger partial charge in [0, 0.05) is 16.7 Å². The van der Waals surface area contributed by atoms with E-state index in [2.05, 4.69) is 48.5 Å². The van der Waals surface area contributed by atoms with E-state index in [4.69, 9.17) is 4.74 Å². The van der Waals surface area contributed by atoms with Crippen LogP contribution in [0.4, 0.5) is 0 Å². The van der Waals surface area contributed by atoms with Crippen LogP contribution in [0, 0.1) is 10.8 Å². The van der Waals surface area contributed by atoms with Crippen molar-refractivity contribution in [2.45, 2.75) is 61.3 Å². The smallest absolute Gasteiger partial charge is 0.186 e. The van der Waals surface area contributed by atoms with Crippen LogP contribution in [0.15, 0.2) is 35.1 Å². The first-order valence-corrected chi connectivity index (χ1v) is 7.88. The molecule has 0 N–H and O–H groups in total. The first-order valence-electron chi connectivity index (χ1n) is 7.88. The Morgan fingerprint density at radius 1 is 1.00 bits per heavy atom. The van der Waals surface area contributed by atoms with Crippen LogP contribution >= 0.6 is 0 Å². The molecule has 0 bridgehead atoms. The molecule has 0 aromatic heterocycles. The summed E-state index contributed by atoms with van der Waals surface area (Å²) in [5.41, 5.74) is 2.38. The van der Waals surface area contributed by atoms with Crippen LogP contribution in [-0.2, 0) is 9.53 Å². The zero-order valence-electron chi connectivity index (χ0n) is 14.7. The van der Waals surface area contributed by atoms with Crippen LogP contribution in [0.3, 0.4) is 0 Å². The molecule has 0 heterocycles. The number of Topliss-reactive ketones (excluding diaryl/α,β-unsaturated/α-hetero) is 1. The Morgan fingerprint density at radius 3 is 1.86 bits per heavy atom. The van der Waals surface area contributed by atoms with E-state index in [0.717, 1.165) is 36.2 Å². The van der Waals surface area contributed by atoms with E-state index in [1.165, 1.54) is 0 Å². The van der Waals surface area contributed by atoms with Gasteiger partial charge in [0.15, 0.2) is 5.78 Å². The Kier molecular flexibility index (Phi) is 5.61. The summed E-state index contributed by atoms with van der Waals surface area (Å²) in [5.74, 6) is 0.167.